The Labute approximate surface area is 106 Å². The second-order valence-electron chi connectivity index (χ2n) is 4.10. The highest BCUT2D eigenvalue weighted by Crippen LogP contribution is 2.10. The van der Waals surface area contributed by atoms with E-state index in [2.05, 4.69) is 5.32 Å². The largest absolute Gasteiger partial charge is 0.478 e. The van der Waals surface area contributed by atoms with Crippen LogP contribution in [0.4, 0.5) is 0 Å². The first-order valence-corrected chi connectivity index (χ1v) is 5.75. The van der Waals surface area contributed by atoms with Crippen LogP contribution in [0.5, 0.6) is 0 Å². The standard InChI is InChI=1S/C13H17NO4/c1-9(2)14-7-8-18-13(17)11-6-4-3-5-10(11)12(15)16/h3-6,9,14H,7-8H2,1-2H3,(H,15,16). The summed E-state index contributed by atoms with van der Waals surface area (Å²) in [4.78, 5) is 22.6. The molecule has 0 fully saturated rings. The minimum absolute atomic E-state index is 0.0423. The van der Waals surface area contributed by atoms with E-state index >= 15 is 0 Å². The van der Waals surface area contributed by atoms with E-state index in [1.165, 1.54) is 12.1 Å². The van der Waals surface area contributed by atoms with Crippen LogP contribution in [0.1, 0.15) is 34.6 Å². The average molecular weight is 251 g/mol. The summed E-state index contributed by atoms with van der Waals surface area (Å²) in [6.07, 6.45) is 0. The minimum Gasteiger partial charge on any atom is -0.478 e. The van der Waals surface area contributed by atoms with E-state index < -0.39 is 11.9 Å². The van der Waals surface area contributed by atoms with Crippen molar-refractivity contribution in [1.82, 2.24) is 5.32 Å². The van der Waals surface area contributed by atoms with Crippen LogP contribution in [0.2, 0.25) is 0 Å². The first-order chi connectivity index (χ1) is 8.52. The Morgan fingerprint density at radius 1 is 1.28 bits per heavy atom. The van der Waals surface area contributed by atoms with Gasteiger partial charge in [-0.3, -0.25) is 0 Å². The molecule has 0 saturated heterocycles. The van der Waals surface area contributed by atoms with Crippen molar-refractivity contribution in [2.24, 2.45) is 0 Å². The van der Waals surface area contributed by atoms with Crippen LogP contribution in [0, 0.1) is 0 Å². The number of esters is 1. The molecule has 1 aromatic rings. The third kappa shape index (κ3) is 4.18. The average Bonchev–Trinajstić information content (AvgIpc) is 2.34. The molecule has 0 aliphatic heterocycles. The van der Waals surface area contributed by atoms with Gasteiger partial charge in [-0.05, 0) is 12.1 Å². The predicted octanol–water partition coefficient (Wildman–Crippen LogP) is 1.54. The first-order valence-electron chi connectivity index (χ1n) is 5.75. The molecule has 0 atom stereocenters. The number of hydrogen-bond acceptors (Lipinski definition) is 4. The van der Waals surface area contributed by atoms with Gasteiger partial charge in [0.05, 0.1) is 11.1 Å². The number of aromatic carboxylic acids is 1. The maximum Gasteiger partial charge on any atom is 0.339 e. The van der Waals surface area contributed by atoms with Gasteiger partial charge in [-0.15, -0.1) is 0 Å². The molecule has 5 heteroatoms. The lowest BCUT2D eigenvalue weighted by Gasteiger charge is -2.09. The molecule has 98 valence electrons. The molecule has 2 N–H and O–H groups in total. The van der Waals surface area contributed by atoms with Crippen LogP contribution < -0.4 is 5.32 Å². The number of carbonyl (C=O) groups excluding carboxylic acids is 1. The quantitative estimate of drug-likeness (QED) is 0.592. The van der Waals surface area contributed by atoms with Crippen molar-refractivity contribution in [1.29, 1.82) is 0 Å². The number of benzene rings is 1. The van der Waals surface area contributed by atoms with Crippen molar-refractivity contribution >= 4 is 11.9 Å². The normalized spacial score (nSPS) is 10.4. The Hall–Kier alpha value is -1.88. The van der Waals surface area contributed by atoms with Crippen molar-refractivity contribution in [3.63, 3.8) is 0 Å². The highest BCUT2D eigenvalue weighted by atomic mass is 16.5. The highest BCUT2D eigenvalue weighted by Gasteiger charge is 2.16. The van der Waals surface area contributed by atoms with E-state index in [9.17, 15) is 9.59 Å². The van der Waals surface area contributed by atoms with Gasteiger partial charge in [-0.25, -0.2) is 9.59 Å². The molecular weight excluding hydrogens is 234 g/mol. The fraction of sp³-hybridized carbons (Fsp3) is 0.385. The van der Waals surface area contributed by atoms with Gasteiger partial charge in [-0.2, -0.15) is 0 Å². The number of ether oxygens (including phenoxy) is 1. The SMILES string of the molecule is CC(C)NCCOC(=O)c1ccccc1C(=O)O. The summed E-state index contributed by atoms with van der Waals surface area (Å²) in [5, 5.41) is 12.0. The summed E-state index contributed by atoms with van der Waals surface area (Å²) in [5.41, 5.74) is 0.0360. The molecule has 0 aliphatic carbocycles. The van der Waals surface area contributed by atoms with Gasteiger partial charge in [-0.1, -0.05) is 26.0 Å². The summed E-state index contributed by atoms with van der Waals surface area (Å²) in [7, 11) is 0. The van der Waals surface area contributed by atoms with Crippen molar-refractivity contribution in [3.05, 3.63) is 35.4 Å². The Morgan fingerprint density at radius 3 is 2.44 bits per heavy atom. The summed E-state index contributed by atoms with van der Waals surface area (Å²) >= 11 is 0. The number of nitrogens with one attached hydrogen (secondary N) is 1. The topological polar surface area (TPSA) is 75.6 Å². The number of rotatable bonds is 6. The zero-order valence-corrected chi connectivity index (χ0v) is 10.5. The van der Waals surface area contributed by atoms with Gasteiger partial charge in [0.15, 0.2) is 0 Å². The van der Waals surface area contributed by atoms with Gasteiger partial charge in [0.1, 0.15) is 6.61 Å². The first kappa shape index (κ1) is 14.2. The molecule has 0 saturated carbocycles. The molecule has 0 radical (unpaired) electrons. The second kappa shape index (κ2) is 6.76. The molecule has 5 nitrogen and oxygen atoms in total. The number of hydrogen-bond donors (Lipinski definition) is 2. The fourth-order valence-electron chi connectivity index (χ4n) is 1.42. The Bertz CT molecular complexity index is 429. The van der Waals surface area contributed by atoms with Crippen LogP contribution in [0.3, 0.4) is 0 Å². The monoisotopic (exact) mass is 251 g/mol. The Kier molecular flexibility index (Phi) is 5.32. The molecular formula is C13H17NO4. The molecule has 0 bridgehead atoms. The molecule has 18 heavy (non-hydrogen) atoms. The number of carbonyl (C=O) groups is 2. The minimum atomic E-state index is -1.14. The highest BCUT2D eigenvalue weighted by molar-refractivity contribution is 6.02. The Morgan fingerprint density at radius 2 is 1.89 bits per heavy atom. The lowest BCUT2D eigenvalue weighted by atomic mass is 10.1. The fourth-order valence-corrected chi connectivity index (χ4v) is 1.42. The van der Waals surface area contributed by atoms with E-state index in [0.29, 0.717) is 12.6 Å². The smallest absolute Gasteiger partial charge is 0.339 e. The molecule has 0 aliphatic rings. The van der Waals surface area contributed by atoms with E-state index in [4.69, 9.17) is 9.84 Å². The van der Waals surface area contributed by atoms with Gasteiger partial charge in [0.2, 0.25) is 0 Å². The molecule has 1 rings (SSSR count). The van der Waals surface area contributed by atoms with Crippen molar-refractivity contribution in [3.8, 4) is 0 Å². The van der Waals surface area contributed by atoms with Gasteiger partial charge < -0.3 is 15.2 Å². The summed E-state index contributed by atoms with van der Waals surface area (Å²) < 4.78 is 5.00. The third-order valence-electron chi connectivity index (χ3n) is 2.27. The molecule has 0 aromatic heterocycles. The van der Waals surface area contributed by atoms with Crippen LogP contribution in [0.15, 0.2) is 24.3 Å². The zero-order chi connectivity index (χ0) is 13.5. The number of carboxylic acids is 1. The summed E-state index contributed by atoms with van der Waals surface area (Å²) in [6, 6.07) is 6.32. The van der Waals surface area contributed by atoms with E-state index in [-0.39, 0.29) is 17.7 Å². The van der Waals surface area contributed by atoms with Gasteiger partial charge in [0.25, 0.3) is 0 Å². The molecule has 0 unspecified atom stereocenters. The third-order valence-corrected chi connectivity index (χ3v) is 2.27. The van der Waals surface area contributed by atoms with Gasteiger partial charge >= 0.3 is 11.9 Å². The van der Waals surface area contributed by atoms with Crippen molar-refractivity contribution < 1.29 is 19.4 Å². The predicted molar refractivity (Wildman–Crippen MR) is 66.8 cm³/mol. The zero-order valence-electron chi connectivity index (χ0n) is 10.5. The molecule has 1 aromatic carbocycles. The maximum atomic E-state index is 11.7. The van der Waals surface area contributed by atoms with Gasteiger partial charge in [0, 0.05) is 12.6 Å². The summed E-state index contributed by atoms with van der Waals surface area (Å²) in [5.74, 6) is -1.75. The maximum absolute atomic E-state index is 11.7. The summed E-state index contributed by atoms with van der Waals surface area (Å²) in [6.45, 7) is 4.73. The van der Waals surface area contributed by atoms with Crippen LogP contribution in [0.25, 0.3) is 0 Å². The van der Waals surface area contributed by atoms with Crippen LogP contribution in [-0.2, 0) is 4.74 Å². The van der Waals surface area contributed by atoms with Crippen LogP contribution in [-0.4, -0.2) is 36.2 Å². The molecule has 0 heterocycles. The number of carboxylic acid groups (broad SMARTS) is 1. The lowest BCUT2D eigenvalue weighted by Crippen LogP contribution is -2.27. The van der Waals surface area contributed by atoms with E-state index in [0.717, 1.165) is 0 Å². The Balaban J connectivity index is 2.59. The lowest BCUT2D eigenvalue weighted by molar-refractivity contribution is 0.0496. The van der Waals surface area contributed by atoms with Crippen molar-refractivity contribution in [2.75, 3.05) is 13.2 Å². The van der Waals surface area contributed by atoms with Crippen LogP contribution >= 0.6 is 0 Å². The molecule has 0 spiro atoms. The second-order valence-corrected chi connectivity index (χ2v) is 4.10. The van der Waals surface area contributed by atoms with E-state index in [1.807, 2.05) is 13.8 Å². The molecule has 0 amide bonds. The van der Waals surface area contributed by atoms with E-state index in [1.54, 1.807) is 12.1 Å². The van der Waals surface area contributed by atoms with Crippen molar-refractivity contribution in [2.45, 2.75) is 19.9 Å².